The minimum atomic E-state index is 0.0760. The Labute approximate surface area is 91.3 Å². The van der Waals surface area contributed by atoms with Crippen LogP contribution in [0.15, 0.2) is 18.2 Å². The monoisotopic (exact) mass is 208 g/mol. The van der Waals surface area contributed by atoms with Crippen molar-refractivity contribution in [2.24, 2.45) is 5.92 Å². The van der Waals surface area contributed by atoms with Crippen molar-refractivity contribution >= 4 is 11.4 Å². The molecular formula is C12H20N2O. The fraction of sp³-hybridized carbons (Fsp3) is 0.500. The predicted molar refractivity (Wildman–Crippen MR) is 64.9 cm³/mol. The Hall–Kier alpha value is -1.22. The van der Waals surface area contributed by atoms with Crippen molar-refractivity contribution in [3.05, 3.63) is 23.8 Å². The number of anilines is 2. The van der Waals surface area contributed by atoms with Crippen LogP contribution in [0.25, 0.3) is 0 Å². The van der Waals surface area contributed by atoms with Crippen LogP contribution >= 0.6 is 0 Å². The van der Waals surface area contributed by atoms with Gasteiger partial charge < -0.3 is 16.2 Å². The number of rotatable bonds is 4. The number of nitrogens with one attached hydrogen (secondary N) is 1. The third-order valence-corrected chi connectivity index (χ3v) is 2.63. The summed E-state index contributed by atoms with van der Waals surface area (Å²) in [5.41, 5.74) is 8.63. The second-order valence-corrected chi connectivity index (χ2v) is 4.25. The molecule has 0 saturated heterocycles. The maximum absolute atomic E-state index is 9.19. The Morgan fingerprint density at radius 3 is 2.53 bits per heavy atom. The molecule has 0 spiro atoms. The lowest BCUT2D eigenvalue weighted by atomic mass is 10.0. The van der Waals surface area contributed by atoms with Crippen LogP contribution in [0.1, 0.15) is 19.4 Å². The molecule has 4 N–H and O–H groups in total. The van der Waals surface area contributed by atoms with Gasteiger partial charge in [0.2, 0.25) is 0 Å². The van der Waals surface area contributed by atoms with Crippen molar-refractivity contribution in [2.45, 2.75) is 26.8 Å². The zero-order valence-corrected chi connectivity index (χ0v) is 9.62. The molecule has 0 heterocycles. The summed E-state index contributed by atoms with van der Waals surface area (Å²) in [5.74, 6) is 0.387. The molecule has 0 unspecified atom stereocenters. The minimum Gasteiger partial charge on any atom is -0.398 e. The molecule has 0 aliphatic heterocycles. The van der Waals surface area contributed by atoms with Gasteiger partial charge in [0.25, 0.3) is 0 Å². The Kier molecular flexibility index (Phi) is 3.97. The number of nitrogen functional groups attached to an aromatic ring is 1. The summed E-state index contributed by atoms with van der Waals surface area (Å²) in [7, 11) is 0. The normalized spacial score (nSPS) is 12.9. The summed E-state index contributed by atoms with van der Waals surface area (Å²) in [6.07, 6.45) is 0. The fourth-order valence-corrected chi connectivity index (χ4v) is 1.37. The second kappa shape index (κ2) is 5.03. The van der Waals surface area contributed by atoms with Gasteiger partial charge in [0, 0.05) is 11.4 Å². The highest BCUT2D eigenvalue weighted by Crippen LogP contribution is 2.19. The molecule has 1 rings (SSSR count). The Bertz CT molecular complexity index is 323. The molecule has 0 saturated carbocycles. The topological polar surface area (TPSA) is 58.3 Å². The average Bonchev–Trinajstić information content (AvgIpc) is 2.19. The van der Waals surface area contributed by atoms with Crippen LogP contribution < -0.4 is 11.1 Å². The molecule has 1 aromatic carbocycles. The van der Waals surface area contributed by atoms with E-state index in [2.05, 4.69) is 19.2 Å². The van der Waals surface area contributed by atoms with Gasteiger partial charge in [-0.1, -0.05) is 19.9 Å². The van der Waals surface area contributed by atoms with E-state index in [1.54, 1.807) is 0 Å². The van der Waals surface area contributed by atoms with Crippen molar-refractivity contribution in [3.63, 3.8) is 0 Å². The number of aliphatic hydroxyl groups is 1. The van der Waals surface area contributed by atoms with Crippen LogP contribution in [0.3, 0.4) is 0 Å². The zero-order valence-electron chi connectivity index (χ0n) is 9.62. The van der Waals surface area contributed by atoms with Crippen LogP contribution in [-0.4, -0.2) is 17.8 Å². The van der Waals surface area contributed by atoms with Gasteiger partial charge in [0.05, 0.1) is 12.6 Å². The van der Waals surface area contributed by atoms with E-state index >= 15 is 0 Å². The molecule has 0 radical (unpaired) electrons. The summed E-state index contributed by atoms with van der Waals surface area (Å²) < 4.78 is 0. The van der Waals surface area contributed by atoms with E-state index in [1.165, 1.54) is 0 Å². The van der Waals surface area contributed by atoms with Crippen LogP contribution in [0.5, 0.6) is 0 Å². The second-order valence-electron chi connectivity index (χ2n) is 4.25. The standard InChI is InChI=1S/C12H20N2O/c1-8(2)12(7-15)14-10-5-4-9(3)11(13)6-10/h4-6,8,12,14-15H,7,13H2,1-3H3/t12-/m1/s1. The molecule has 15 heavy (non-hydrogen) atoms. The highest BCUT2D eigenvalue weighted by atomic mass is 16.3. The maximum atomic E-state index is 9.19. The molecule has 0 aliphatic rings. The van der Waals surface area contributed by atoms with Crippen LogP contribution in [0.4, 0.5) is 11.4 Å². The van der Waals surface area contributed by atoms with E-state index < -0.39 is 0 Å². The van der Waals surface area contributed by atoms with E-state index in [0.717, 1.165) is 16.9 Å². The highest BCUT2D eigenvalue weighted by Gasteiger charge is 2.11. The summed E-state index contributed by atoms with van der Waals surface area (Å²) in [5, 5.41) is 12.5. The lowest BCUT2D eigenvalue weighted by Gasteiger charge is -2.21. The SMILES string of the molecule is Cc1ccc(N[C@H](CO)C(C)C)cc1N. The summed E-state index contributed by atoms with van der Waals surface area (Å²) in [4.78, 5) is 0. The van der Waals surface area contributed by atoms with Crippen molar-refractivity contribution in [1.29, 1.82) is 0 Å². The first-order chi connectivity index (χ1) is 7.04. The number of aliphatic hydroxyl groups excluding tert-OH is 1. The molecular weight excluding hydrogens is 188 g/mol. The quantitative estimate of drug-likeness (QED) is 0.663. The smallest absolute Gasteiger partial charge is 0.0635 e. The van der Waals surface area contributed by atoms with Crippen LogP contribution in [0, 0.1) is 12.8 Å². The fourth-order valence-electron chi connectivity index (χ4n) is 1.37. The van der Waals surface area contributed by atoms with E-state index in [0.29, 0.717) is 5.92 Å². The van der Waals surface area contributed by atoms with Gasteiger partial charge in [-0.15, -0.1) is 0 Å². The van der Waals surface area contributed by atoms with Crippen molar-refractivity contribution < 1.29 is 5.11 Å². The maximum Gasteiger partial charge on any atom is 0.0635 e. The van der Waals surface area contributed by atoms with Crippen molar-refractivity contribution in [3.8, 4) is 0 Å². The van der Waals surface area contributed by atoms with E-state index in [1.807, 2.05) is 25.1 Å². The molecule has 0 aromatic heterocycles. The summed E-state index contributed by atoms with van der Waals surface area (Å²) >= 11 is 0. The molecule has 3 nitrogen and oxygen atoms in total. The lowest BCUT2D eigenvalue weighted by Crippen LogP contribution is -2.29. The van der Waals surface area contributed by atoms with Gasteiger partial charge >= 0.3 is 0 Å². The molecule has 1 atom stereocenters. The van der Waals surface area contributed by atoms with Gasteiger partial charge in [-0.3, -0.25) is 0 Å². The minimum absolute atomic E-state index is 0.0760. The molecule has 84 valence electrons. The van der Waals surface area contributed by atoms with E-state index in [9.17, 15) is 5.11 Å². The lowest BCUT2D eigenvalue weighted by molar-refractivity contribution is 0.249. The molecule has 3 heteroatoms. The number of hydrogen-bond acceptors (Lipinski definition) is 3. The summed E-state index contributed by atoms with van der Waals surface area (Å²) in [6, 6.07) is 5.94. The largest absolute Gasteiger partial charge is 0.398 e. The van der Waals surface area contributed by atoms with Crippen molar-refractivity contribution in [1.82, 2.24) is 0 Å². The first-order valence-electron chi connectivity index (χ1n) is 5.28. The van der Waals surface area contributed by atoms with Gasteiger partial charge in [0.1, 0.15) is 0 Å². The molecule has 0 fully saturated rings. The highest BCUT2D eigenvalue weighted by molar-refractivity contribution is 5.58. The average molecular weight is 208 g/mol. The molecule has 0 bridgehead atoms. The molecule has 0 amide bonds. The van der Waals surface area contributed by atoms with Gasteiger partial charge in [-0.2, -0.15) is 0 Å². The van der Waals surface area contributed by atoms with Gasteiger partial charge in [-0.05, 0) is 30.5 Å². The van der Waals surface area contributed by atoms with Gasteiger partial charge in [0.15, 0.2) is 0 Å². The van der Waals surface area contributed by atoms with Crippen LogP contribution in [0.2, 0.25) is 0 Å². The Balaban J connectivity index is 2.75. The number of hydrogen-bond donors (Lipinski definition) is 3. The zero-order chi connectivity index (χ0) is 11.4. The van der Waals surface area contributed by atoms with Crippen LogP contribution in [-0.2, 0) is 0 Å². The predicted octanol–water partition coefficient (Wildman–Crippen LogP) is 2.01. The third kappa shape index (κ3) is 3.13. The Morgan fingerprint density at radius 1 is 1.40 bits per heavy atom. The van der Waals surface area contributed by atoms with Crippen molar-refractivity contribution in [2.75, 3.05) is 17.7 Å². The number of nitrogens with two attached hydrogens (primary N) is 1. The number of aryl methyl sites for hydroxylation is 1. The molecule has 1 aromatic rings. The first kappa shape index (κ1) is 11.9. The number of benzene rings is 1. The third-order valence-electron chi connectivity index (χ3n) is 2.63. The summed E-state index contributed by atoms with van der Waals surface area (Å²) in [6.45, 7) is 6.26. The molecule has 0 aliphatic carbocycles. The van der Waals surface area contributed by atoms with E-state index in [-0.39, 0.29) is 12.6 Å². The first-order valence-corrected chi connectivity index (χ1v) is 5.28. The van der Waals surface area contributed by atoms with Gasteiger partial charge in [-0.25, -0.2) is 0 Å². The van der Waals surface area contributed by atoms with E-state index in [4.69, 9.17) is 5.73 Å². The Morgan fingerprint density at radius 2 is 2.07 bits per heavy atom.